The van der Waals surface area contributed by atoms with E-state index < -0.39 is 17.8 Å². The van der Waals surface area contributed by atoms with Gasteiger partial charge in [0.25, 0.3) is 0 Å². The molecule has 7 heteroatoms. The van der Waals surface area contributed by atoms with Crippen LogP contribution in [-0.4, -0.2) is 41.0 Å². The van der Waals surface area contributed by atoms with E-state index in [1.54, 1.807) is 6.92 Å². The third-order valence-corrected chi connectivity index (χ3v) is 4.23. The molecule has 1 amide bonds. The van der Waals surface area contributed by atoms with Crippen molar-refractivity contribution in [3.05, 3.63) is 29.0 Å². The van der Waals surface area contributed by atoms with Gasteiger partial charge in [0.05, 0.1) is 17.6 Å². The van der Waals surface area contributed by atoms with E-state index in [0.717, 1.165) is 0 Å². The van der Waals surface area contributed by atoms with E-state index in [-0.39, 0.29) is 17.5 Å². The summed E-state index contributed by atoms with van der Waals surface area (Å²) < 4.78 is 13.6. The molecule has 0 radical (unpaired) electrons. The van der Waals surface area contributed by atoms with E-state index in [2.05, 4.69) is 5.32 Å². The number of carboxylic acid groups (broad SMARTS) is 1. The molecule has 1 atom stereocenters. The minimum atomic E-state index is -0.794. The molecule has 1 heterocycles. The van der Waals surface area contributed by atoms with Crippen molar-refractivity contribution in [2.24, 2.45) is 5.92 Å². The summed E-state index contributed by atoms with van der Waals surface area (Å²) in [4.78, 5) is 25.0. The van der Waals surface area contributed by atoms with E-state index in [0.29, 0.717) is 31.0 Å². The Hall–Kier alpha value is -1.66. The highest BCUT2D eigenvalue weighted by Crippen LogP contribution is 2.22. The van der Waals surface area contributed by atoms with Crippen molar-refractivity contribution >= 4 is 29.2 Å². The molecule has 1 unspecified atom stereocenters. The van der Waals surface area contributed by atoms with Gasteiger partial charge >= 0.3 is 5.97 Å². The largest absolute Gasteiger partial charge is 0.481 e. The Bertz CT molecular complexity index is 574. The highest BCUT2D eigenvalue weighted by atomic mass is 35.5. The van der Waals surface area contributed by atoms with Crippen LogP contribution in [0, 0.1) is 11.7 Å². The number of hydrogen-bond acceptors (Lipinski definition) is 3. The number of nitrogens with zero attached hydrogens (tertiary/aromatic N) is 1. The quantitative estimate of drug-likeness (QED) is 0.891. The van der Waals surface area contributed by atoms with Gasteiger partial charge < -0.3 is 10.4 Å². The molecule has 1 aliphatic rings. The Kier molecular flexibility index (Phi) is 5.37. The van der Waals surface area contributed by atoms with Gasteiger partial charge in [-0.1, -0.05) is 11.6 Å². The van der Waals surface area contributed by atoms with Gasteiger partial charge in [0.1, 0.15) is 5.82 Å². The average molecular weight is 329 g/mol. The minimum absolute atomic E-state index is 0.0461. The Morgan fingerprint density at radius 3 is 2.64 bits per heavy atom. The van der Waals surface area contributed by atoms with Gasteiger partial charge in [0, 0.05) is 5.02 Å². The molecule has 0 aromatic heterocycles. The van der Waals surface area contributed by atoms with Crippen molar-refractivity contribution in [1.82, 2.24) is 4.90 Å². The van der Waals surface area contributed by atoms with Crippen molar-refractivity contribution < 1.29 is 19.1 Å². The van der Waals surface area contributed by atoms with Crippen LogP contribution in [0.2, 0.25) is 5.02 Å². The SMILES string of the molecule is CC(C(=O)Nc1cc(Cl)ccc1F)N1CCC(C(=O)O)CC1. The van der Waals surface area contributed by atoms with Gasteiger partial charge in [0.2, 0.25) is 5.91 Å². The summed E-state index contributed by atoms with van der Waals surface area (Å²) in [5.41, 5.74) is 0.0461. The van der Waals surface area contributed by atoms with Crippen LogP contribution < -0.4 is 5.32 Å². The maximum Gasteiger partial charge on any atom is 0.306 e. The molecule has 0 spiro atoms. The van der Waals surface area contributed by atoms with Crippen LogP contribution in [0.25, 0.3) is 0 Å². The summed E-state index contributed by atoms with van der Waals surface area (Å²) in [5, 5.41) is 11.8. The number of halogens is 2. The predicted molar refractivity (Wildman–Crippen MR) is 81.4 cm³/mol. The molecule has 2 N–H and O–H groups in total. The Morgan fingerprint density at radius 1 is 1.41 bits per heavy atom. The van der Waals surface area contributed by atoms with E-state index in [1.165, 1.54) is 18.2 Å². The minimum Gasteiger partial charge on any atom is -0.481 e. The average Bonchev–Trinajstić information content (AvgIpc) is 2.50. The highest BCUT2D eigenvalue weighted by Gasteiger charge is 2.29. The standard InChI is InChI=1S/C15H18ClFN2O3/c1-9(19-6-4-10(5-7-19)15(21)22)14(20)18-13-8-11(16)2-3-12(13)17/h2-3,8-10H,4-7H2,1H3,(H,18,20)(H,21,22). The normalized spacial score (nSPS) is 18.0. The lowest BCUT2D eigenvalue weighted by Gasteiger charge is -2.33. The van der Waals surface area contributed by atoms with E-state index in [9.17, 15) is 14.0 Å². The number of carbonyl (C=O) groups excluding carboxylic acids is 1. The zero-order chi connectivity index (χ0) is 16.3. The molecule has 5 nitrogen and oxygen atoms in total. The van der Waals surface area contributed by atoms with E-state index >= 15 is 0 Å². The zero-order valence-electron chi connectivity index (χ0n) is 12.2. The fourth-order valence-corrected chi connectivity index (χ4v) is 2.70. The first-order chi connectivity index (χ1) is 10.4. The first-order valence-corrected chi connectivity index (χ1v) is 7.49. The Morgan fingerprint density at radius 2 is 2.05 bits per heavy atom. The van der Waals surface area contributed by atoms with Crippen LogP contribution in [-0.2, 0) is 9.59 Å². The number of amides is 1. The third kappa shape index (κ3) is 3.96. The topological polar surface area (TPSA) is 69.6 Å². The maximum atomic E-state index is 13.6. The Balaban J connectivity index is 1.95. The number of aliphatic carboxylic acids is 1. The number of rotatable bonds is 4. The zero-order valence-corrected chi connectivity index (χ0v) is 12.9. The summed E-state index contributed by atoms with van der Waals surface area (Å²) in [7, 11) is 0. The maximum absolute atomic E-state index is 13.6. The smallest absolute Gasteiger partial charge is 0.306 e. The summed E-state index contributed by atoms with van der Waals surface area (Å²) >= 11 is 5.79. The van der Waals surface area contributed by atoms with Crippen molar-refractivity contribution in [1.29, 1.82) is 0 Å². The van der Waals surface area contributed by atoms with Gasteiger partial charge in [-0.25, -0.2) is 4.39 Å². The molecule has 1 aliphatic heterocycles. The number of nitrogens with one attached hydrogen (secondary N) is 1. The molecule has 120 valence electrons. The van der Waals surface area contributed by atoms with Crippen LogP contribution in [0.15, 0.2) is 18.2 Å². The number of likely N-dealkylation sites (tertiary alicyclic amines) is 1. The summed E-state index contributed by atoms with van der Waals surface area (Å²) in [6.45, 7) is 2.78. The van der Waals surface area contributed by atoms with Gasteiger partial charge in [-0.3, -0.25) is 14.5 Å². The molecule has 1 saturated heterocycles. The van der Waals surface area contributed by atoms with Crippen LogP contribution in [0.4, 0.5) is 10.1 Å². The molecular formula is C15H18ClFN2O3. The first kappa shape index (κ1) is 16.7. The number of piperidine rings is 1. The van der Waals surface area contributed by atoms with Crippen LogP contribution in [0.5, 0.6) is 0 Å². The summed E-state index contributed by atoms with van der Waals surface area (Å²) in [5.74, 6) is -2.03. The molecule has 2 rings (SSSR count). The fourth-order valence-electron chi connectivity index (χ4n) is 2.53. The predicted octanol–water partition coefficient (Wildman–Crippen LogP) is 2.60. The lowest BCUT2D eigenvalue weighted by molar-refractivity contribution is -0.143. The summed E-state index contributed by atoms with van der Waals surface area (Å²) in [6.07, 6.45) is 1.02. The summed E-state index contributed by atoms with van der Waals surface area (Å²) in [6, 6.07) is 3.50. The second-order valence-corrected chi connectivity index (χ2v) is 5.87. The second kappa shape index (κ2) is 7.07. The van der Waals surface area contributed by atoms with Gasteiger partial charge in [-0.2, -0.15) is 0 Å². The number of anilines is 1. The first-order valence-electron chi connectivity index (χ1n) is 7.11. The fraction of sp³-hybridized carbons (Fsp3) is 0.467. The van der Waals surface area contributed by atoms with Crippen molar-refractivity contribution in [3.8, 4) is 0 Å². The number of hydrogen-bond donors (Lipinski definition) is 2. The molecule has 1 fully saturated rings. The van der Waals surface area contributed by atoms with E-state index in [1.807, 2.05) is 4.90 Å². The van der Waals surface area contributed by atoms with Gasteiger partial charge in [0.15, 0.2) is 0 Å². The third-order valence-electron chi connectivity index (χ3n) is 3.99. The lowest BCUT2D eigenvalue weighted by Crippen LogP contribution is -2.47. The van der Waals surface area contributed by atoms with Crippen molar-refractivity contribution in [2.45, 2.75) is 25.8 Å². The van der Waals surface area contributed by atoms with Crippen LogP contribution >= 0.6 is 11.6 Å². The number of carbonyl (C=O) groups is 2. The molecule has 1 aromatic carbocycles. The number of carboxylic acids is 1. The van der Waals surface area contributed by atoms with E-state index in [4.69, 9.17) is 16.7 Å². The van der Waals surface area contributed by atoms with Crippen LogP contribution in [0.3, 0.4) is 0 Å². The molecule has 0 aliphatic carbocycles. The molecule has 0 saturated carbocycles. The monoisotopic (exact) mass is 328 g/mol. The molecular weight excluding hydrogens is 311 g/mol. The van der Waals surface area contributed by atoms with Crippen molar-refractivity contribution in [2.75, 3.05) is 18.4 Å². The van der Waals surface area contributed by atoms with Crippen molar-refractivity contribution in [3.63, 3.8) is 0 Å². The Labute approximate surface area is 133 Å². The highest BCUT2D eigenvalue weighted by molar-refractivity contribution is 6.30. The molecule has 0 bridgehead atoms. The van der Waals surface area contributed by atoms with Gasteiger partial charge in [-0.05, 0) is 51.1 Å². The van der Waals surface area contributed by atoms with Gasteiger partial charge in [-0.15, -0.1) is 0 Å². The number of benzene rings is 1. The van der Waals surface area contributed by atoms with Crippen LogP contribution in [0.1, 0.15) is 19.8 Å². The molecule has 1 aromatic rings. The molecule has 22 heavy (non-hydrogen) atoms. The second-order valence-electron chi connectivity index (χ2n) is 5.44. The lowest BCUT2D eigenvalue weighted by atomic mass is 9.96.